The van der Waals surface area contributed by atoms with E-state index in [4.69, 9.17) is 32.5 Å². The molecule has 0 aliphatic heterocycles. The number of amides is 1. The summed E-state index contributed by atoms with van der Waals surface area (Å²) >= 11 is 11.9. The van der Waals surface area contributed by atoms with Crippen LogP contribution >= 0.6 is 23.2 Å². The number of carbonyl (C=O) groups excluding carboxylic acids is 2. The van der Waals surface area contributed by atoms with Crippen molar-refractivity contribution in [3.8, 4) is 0 Å². The summed E-state index contributed by atoms with van der Waals surface area (Å²) in [6.45, 7) is -0.462. The number of halogens is 2. The summed E-state index contributed by atoms with van der Waals surface area (Å²) in [6.07, 6.45) is -0.100. The molecule has 1 heterocycles. The second-order valence-electron chi connectivity index (χ2n) is 5.11. The molecule has 0 radical (unpaired) electrons. The van der Waals surface area contributed by atoms with Crippen LogP contribution in [0.15, 0.2) is 47.0 Å². The Hall–Kier alpha value is -2.57. The third-order valence-corrected chi connectivity index (χ3v) is 3.99. The first-order chi connectivity index (χ1) is 12.0. The first kappa shape index (κ1) is 17.3. The maximum atomic E-state index is 11.9. The molecular formula is C17H12Cl2N2O4. The van der Waals surface area contributed by atoms with Crippen molar-refractivity contribution in [2.45, 2.75) is 6.42 Å². The fourth-order valence-electron chi connectivity index (χ4n) is 2.19. The van der Waals surface area contributed by atoms with Crippen LogP contribution in [0.5, 0.6) is 0 Å². The molecule has 1 aromatic heterocycles. The minimum atomic E-state index is -0.598. The average Bonchev–Trinajstić information content (AvgIpc) is 3.00. The molecule has 0 fully saturated rings. The van der Waals surface area contributed by atoms with Crippen LogP contribution in [-0.2, 0) is 20.7 Å². The smallest absolute Gasteiger partial charge is 0.312 e. The van der Waals surface area contributed by atoms with E-state index in [9.17, 15) is 9.59 Å². The molecule has 0 atom stereocenters. The van der Waals surface area contributed by atoms with Crippen LogP contribution in [-0.4, -0.2) is 23.6 Å². The lowest BCUT2D eigenvalue weighted by Gasteiger charge is -2.09. The van der Waals surface area contributed by atoms with E-state index < -0.39 is 18.5 Å². The Morgan fingerprint density at radius 3 is 2.56 bits per heavy atom. The number of benzene rings is 2. The van der Waals surface area contributed by atoms with Gasteiger partial charge < -0.3 is 14.6 Å². The highest BCUT2D eigenvalue weighted by molar-refractivity contribution is 6.39. The van der Waals surface area contributed by atoms with Crippen LogP contribution in [0, 0.1) is 0 Å². The molecule has 1 N–H and O–H groups in total. The molecule has 0 spiro atoms. The van der Waals surface area contributed by atoms with Crippen molar-refractivity contribution < 1.29 is 18.8 Å². The predicted octanol–water partition coefficient (Wildman–Crippen LogP) is 3.86. The number of aromatic nitrogens is 1. The van der Waals surface area contributed by atoms with E-state index >= 15 is 0 Å². The van der Waals surface area contributed by atoms with Crippen molar-refractivity contribution in [2.24, 2.45) is 0 Å². The van der Waals surface area contributed by atoms with Crippen molar-refractivity contribution in [1.82, 2.24) is 5.16 Å². The maximum absolute atomic E-state index is 11.9. The number of nitrogens with zero attached hydrogens (tertiary/aromatic N) is 1. The molecule has 8 heteroatoms. The summed E-state index contributed by atoms with van der Waals surface area (Å²) in [7, 11) is 0. The molecule has 0 bridgehead atoms. The van der Waals surface area contributed by atoms with Gasteiger partial charge in [-0.05, 0) is 24.3 Å². The standard InChI is InChI=1S/C17H12Cl2N2O4/c18-11-5-3-6-12(19)17(11)20-15(22)9-24-16(23)8-13-10-4-1-2-7-14(10)25-21-13/h1-7H,8-9H2,(H,20,22). The van der Waals surface area contributed by atoms with E-state index in [1.165, 1.54) is 0 Å². The highest BCUT2D eigenvalue weighted by Crippen LogP contribution is 2.29. The van der Waals surface area contributed by atoms with Gasteiger partial charge >= 0.3 is 5.97 Å². The zero-order valence-corrected chi connectivity index (χ0v) is 14.3. The lowest BCUT2D eigenvalue weighted by molar-refractivity contribution is -0.146. The first-order valence-electron chi connectivity index (χ1n) is 7.27. The van der Waals surface area contributed by atoms with Crippen LogP contribution < -0.4 is 5.32 Å². The molecule has 0 aliphatic rings. The van der Waals surface area contributed by atoms with Gasteiger partial charge in [-0.15, -0.1) is 0 Å². The van der Waals surface area contributed by atoms with E-state index in [-0.39, 0.29) is 12.1 Å². The number of hydrogen-bond donors (Lipinski definition) is 1. The third kappa shape index (κ3) is 4.10. The van der Waals surface area contributed by atoms with Gasteiger partial charge in [0.2, 0.25) is 0 Å². The zero-order valence-electron chi connectivity index (χ0n) is 12.8. The lowest BCUT2D eigenvalue weighted by Crippen LogP contribution is -2.22. The number of carbonyl (C=O) groups is 2. The van der Waals surface area contributed by atoms with E-state index in [1.54, 1.807) is 36.4 Å². The summed E-state index contributed by atoms with van der Waals surface area (Å²) < 4.78 is 10.1. The molecule has 128 valence electrons. The second kappa shape index (κ2) is 7.55. The molecule has 3 aromatic rings. The maximum Gasteiger partial charge on any atom is 0.312 e. The summed E-state index contributed by atoms with van der Waals surface area (Å²) in [5, 5.41) is 7.66. The number of para-hydroxylation sites is 2. The van der Waals surface area contributed by atoms with Gasteiger partial charge in [0.25, 0.3) is 5.91 Å². The third-order valence-electron chi connectivity index (χ3n) is 3.36. The van der Waals surface area contributed by atoms with Gasteiger partial charge in [0, 0.05) is 5.39 Å². The molecule has 25 heavy (non-hydrogen) atoms. The van der Waals surface area contributed by atoms with Gasteiger partial charge in [0.1, 0.15) is 5.69 Å². The number of esters is 1. The minimum Gasteiger partial charge on any atom is -0.455 e. The van der Waals surface area contributed by atoms with Crippen LogP contribution in [0.2, 0.25) is 10.0 Å². The highest BCUT2D eigenvalue weighted by Gasteiger charge is 2.15. The minimum absolute atomic E-state index is 0.100. The molecule has 0 saturated carbocycles. The van der Waals surface area contributed by atoms with E-state index in [0.717, 1.165) is 5.39 Å². The fourth-order valence-corrected chi connectivity index (χ4v) is 2.68. The van der Waals surface area contributed by atoms with Gasteiger partial charge in [-0.25, -0.2) is 0 Å². The summed E-state index contributed by atoms with van der Waals surface area (Å²) in [5.41, 5.74) is 1.31. The Labute approximate surface area is 152 Å². The van der Waals surface area contributed by atoms with Crippen LogP contribution in [0.1, 0.15) is 5.69 Å². The monoisotopic (exact) mass is 378 g/mol. The Morgan fingerprint density at radius 2 is 1.80 bits per heavy atom. The second-order valence-corrected chi connectivity index (χ2v) is 5.92. The fraction of sp³-hybridized carbons (Fsp3) is 0.118. The number of rotatable bonds is 5. The van der Waals surface area contributed by atoms with Gasteiger partial charge in [0.15, 0.2) is 12.2 Å². The molecule has 3 rings (SSSR count). The van der Waals surface area contributed by atoms with E-state index in [0.29, 0.717) is 21.3 Å². The SMILES string of the molecule is O=C(COC(=O)Cc1noc2ccccc12)Nc1c(Cl)cccc1Cl. The van der Waals surface area contributed by atoms with Gasteiger partial charge in [0.05, 0.1) is 22.2 Å². The van der Waals surface area contributed by atoms with Gasteiger partial charge in [-0.2, -0.15) is 0 Å². The van der Waals surface area contributed by atoms with Gasteiger partial charge in [-0.1, -0.05) is 46.6 Å². The van der Waals surface area contributed by atoms with Crippen molar-refractivity contribution in [1.29, 1.82) is 0 Å². The molecule has 0 saturated heterocycles. The Bertz CT molecular complexity index is 919. The Morgan fingerprint density at radius 1 is 1.08 bits per heavy atom. The molecule has 2 aromatic carbocycles. The van der Waals surface area contributed by atoms with Crippen LogP contribution in [0.3, 0.4) is 0 Å². The van der Waals surface area contributed by atoms with Crippen molar-refractivity contribution in [2.75, 3.05) is 11.9 Å². The summed E-state index contributed by atoms with van der Waals surface area (Å²) in [6, 6.07) is 12.0. The lowest BCUT2D eigenvalue weighted by atomic mass is 10.2. The highest BCUT2D eigenvalue weighted by atomic mass is 35.5. The van der Waals surface area contributed by atoms with Crippen molar-refractivity contribution in [3.05, 3.63) is 58.2 Å². The summed E-state index contributed by atoms with van der Waals surface area (Å²) in [5.74, 6) is -1.15. The molecule has 0 aliphatic carbocycles. The molecular weight excluding hydrogens is 367 g/mol. The molecule has 6 nitrogen and oxygen atoms in total. The largest absolute Gasteiger partial charge is 0.455 e. The molecule has 1 amide bonds. The number of hydrogen-bond acceptors (Lipinski definition) is 5. The van der Waals surface area contributed by atoms with Gasteiger partial charge in [-0.3, -0.25) is 9.59 Å². The Balaban J connectivity index is 1.56. The van der Waals surface area contributed by atoms with Crippen molar-refractivity contribution >= 4 is 51.7 Å². The van der Waals surface area contributed by atoms with E-state index in [2.05, 4.69) is 10.5 Å². The summed E-state index contributed by atoms with van der Waals surface area (Å²) in [4.78, 5) is 23.8. The number of anilines is 1. The zero-order chi connectivity index (χ0) is 17.8. The number of nitrogens with one attached hydrogen (secondary N) is 1. The normalized spacial score (nSPS) is 10.6. The Kier molecular flexibility index (Phi) is 5.21. The topological polar surface area (TPSA) is 81.4 Å². The van der Waals surface area contributed by atoms with Crippen molar-refractivity contribution in [3.63, 3.8) is 0 Å². The van der Waals surface area contributed by atoms with Crippen LogP contribution in [0.4, 0.5) is 5.69 Å². The first-order valence-corrected chi connectivity index (χ1v) is 8.03. The van der Waals surface area contributed by atoms with Crippen LogP contribution in [0.25, 0.3) is 11.0 Å². The van der Waals surface area contributed by atoms with E-state index in [1.807, 2.05) is 6.07 Å². The number of ether oxygens (including phenoxy) is 1. The molecule has 0 unspecified atom stereocenters. The predicted molar refractivity (Wildman–Crippen MR) is 93.8 cm³/mol. The number of fused-ring (bicyclic) bond motifs is 1. The quantitative estimate of drug-likeness (QED) is 0.681. The average molecular weight is 379 g/mol.